The molecule has 178 valence electrons. The third-order valence-corrected chi connectivity index (χ3v) is 6.00. The number of benzodiazepines with no additional fused rings is 1. The van der Waals surface area contributed by atoms with Gasteiger partial charge in [0.05, 0.1) is 23.2 Å². The Kier molecular flexibility index (Phi) is 7.99. The number of hydrogen-bond acceptors (Lipinski definition) is 4. The molecule has 34 heavy (non-hydrogen) atoms. The predicted octanol–water partition coefficient (Wildman–Crippen LogP) is 3.28. The zero-order valence-electron chi connectivity index (χ0n) is 19.9. The van der Waals surface area contributed by atoms with Crippen molar-refractivity contribution in [1.29, 1.82) is 0 Å². The largest absolute Gasteiger partial charge is 0.369 e. The summed E-state index contributed by atoms with van der Waals surface area (Å²) in [4.78, 5) is 45.2. The topological polar surface area (TPSA) is 105 Å². The van der Waals surface area contributed by atoms with Crippen molar-refractivity contribution < 1.29 is 14.4 Å². The first kappa shape index (κ1) is 24.9. The first-order chi connectivity index (χ1) is 16.2. The number of allylic oxidation sites excluding steroid dienone is 1. The van der Waals surface area contributed by atoms with Gasteiger partial charge in [0.2, 0.25) is 18.0 Å². The highest BCUT2D eigenvalue weighted by Crippen LogP contribution is 2.28. The molecule has 0 radical (unpaired) electrons. The van der Waals surface area contributed by atoms with Crippen LogP contribution in [-0.2, 0) is 14.4 Å². The van der Waals surface area contributed by atoms with Crippen LogP contribution in [0.5, 0.6) is 0 Å². The van der Waals surface area contributed by atoms with Crippen LogP contribution < -0.4 is 16.0 Å². The van der Waals surface area contributed by atoms with Gasteiger partial charge in [-0.2, -0.15) is 0 Å². The maximum absolute atomic E-state index is 13.5. The second-order valence-electron chi connectivity index (χ2n) is 8.94. The highest BCUT2D eigenvalue weighted by molar-refractivity contribution is 6.20. The molecule has 2 aromatic carbocycles. The first-order valence-corrected chi connectivity index (χ1v) is 11.4. The highest BCUT2D eigenvalue weighted by Gasteiger charge is 2.36. The number of benzene rings is 2. The minimum Gasteiger partial charge on any atom is -0.369 e. The molecule has 2 aromatic rings. The minimum atomic E-state index is -1.15. The van der Waals surface area contributed by atoms with E-state index in [9.17, 15) is 14.4 Å². The van der Waals surface area contributed by atoms with E-state index < -0.39 is 29.8 Å². The van der Waals surface area contributed by atoms with Gasteiger partial charge in [0, 0.05) is 18.2 Å². The summed E-state index contributed by atoms with van der Waals surface area (Å²) in [7, 11) is 1.67. The van der Waals surface area contributed by atoms with Gasteiger partial charge in [-0.1, -0.05) is 68.5 Å². The molecule has 1 aliphatic heterocycles. The SMILES string of the molecule is C=CCC(C(N)=O)C(CC(C)C)C(=O)N[C@H]1N=C(c2ccccc2)c2ccccc2N(C)C1=O. The van der Waals surface area contributed by atoms with E-state index in [0.717, 1.165) is 11.1 Å². The van der Waals surface area contributed by atoms with Crippen LogP contribution in [0.1, 0.15) is 37.8 Å². The number of anilines is 1. The molecule has 2 unspecified atom stereocenters. The van der Waals surface area contributed by atoms with E-state index in [-0.39, 0.29) is 18.2 Å². The van der Waals surface area contributed by atoms with Gasteiger partial charge in [0.25, 0.3) is 5.91 Å². The summed E-state index contributed by atoms with van der Waals surface area (Å²) in [5.74, 6) is -2.63. The summed E-state index contributed by atoms with van der Waals surface area (Å²) in [6, 6.07) is 17.0. The van der Waals surface area contributed by atoms with Crippen LogP contribution in [-0.4, -0.2) is 36.6 Å². The summed E-state index contributed by atoms with van der Waals surface area (Å²) in [6.07, 6.45) is 1.16. The van der Waals surface area contributed by atoms with E-state index in [1.54, 1.807) is 13.1 Å². The summed E-state index contributed by atoms with van der Waals surface area (Å²) in [5.41, 5.74) is 8.56. The zero-order chi connectivity index (χ0) is 24.8. The lowest BCUT2D eigenvalue weighted by Crippen LogP contribution is -2.50. The molecule has 0 saturated carbocycles. The zero-order valence-corrected chi connectivity index (χ0v) is 19.9. The highest BCUT2D eigenvalue weighted by atomic mass is 16.2. The smallest absolute Gasteiger partial charge is 0.272 e. The third kappa shape index (κ3) is 5.42. The maximum atomic E-state index is 13.5. The van der Waals surface area contributed by atoms with Crippen molar-refractivity contribution in [3.8, 4) is 0 Å². The number of fused-ring (bicyclic) bond motifs is 1. The summed E-state index contributed by atoms with van der Waals surface area (Å²) in [6.45, 7) is 7.64. The average molecular weight is 461 g/mol. The number of carbonyl (C=O) groups is 3. The molecule has 0 aromatic heterocycles. The Morgan fingerprint density at radius 1 is 1.12 bits per heavy atom. The lowest BCUT2D eigenvalue weighted by atomic mass is 9.82. The molecule has 0 aliphatic carbocycles. The molecular weight excluding hydrogens is 428 g/mol. The molecule has 3 atom stereocenters. The Hall–Kier alpha value is -3.74. The van der Waals surface area contributed by atoms with Crippen molar-refractivity contribution in [2.75, 3.05) is 11.9 Å². The monoisotopic (exact) mass is 460 g/mol. The number of para-hydroxylation sites is 1. The van der Waals surface area contributed by atoms with Gasteiger partial charge in [-0.3, -0.25) is 14.4 Å². The van der Waals surface area contributed by atoms with Crippen molar-refractivity contribution >= 4 is 29.1 Å². The molecule has 1 heterocycles. The van der Waals surface area contributed by atoms with Crippen molar-refractivity contribution in [2.24, 2.45) is 28.5 Å². The van der Waals surface area contributed by atoms with Crippen LogP contribution in [0.25, 0.3) is 0 Å². The van der Waals surface area contributed by atoms with Crippen LogP contribution in [0.15, 0.2) is 72.2 Å². The number of carbonyl (C=O) groups excluding carboxylic acids is 3. The van der Waals surface area contributed by atoms with Crippen molar-refractivity contribution in [1.82, 2.24) is 5.32 Å². The molecule has 3 N–H and O–H groups in total. The summed E-state index contributed by atoms with van der Waals surface area (Å²) < 4.78 is 0. The van der Waals surface area contributed by atoms with Gasteiger partial charge in [-0.25, -0.2) is 4.99 Å². The van der Waals surface area contributed by atoms with Crippen LogP contribution in [0, 0.1) is 17.8 Å². The van der Waals surface area contributed by atoms with Crippen LogP contribution in [0.2, 0.25) is 0 Å². The van der Waals surface area contributed by atoms with Gasteiger partial charge < -0.3 is 16.0 Å². The number of rotatable bonds is 9. The Bertz CT molecular complexity index is 1090. The van der Waals surface area contributed by atoms with Crippen molar-refractivity contribution in [3.05, 3.63) is 78.4 Å². The molecule has 0 bridgehead atoms. The Morgan fingerprint density at radius 2 is 1.76 bits per heavy atom. The fourth-order valence-electron chi connectivity index (χ4n) is 4.30. The lowest BCUT2D eigenvalue weighted by Gasteiger charge is -2.27. The fourth-order valence-corrected chi connectivity index (χ4v) is 4.30. The number of nitrogens with zero attached hydrogens (tertiary/aromatic N) is 2. The van der Waals surface area contributed by atoms with E-state index in [4.69, 9.17) is 10.7 Å². The standard InChI is InChI=1S/C27H32N4O3/c1-5-11-19(24(28)32)21(16-17(2)3)26(33)30-25-27(34)31(4)22-15-10-9-14-20(22)23(29-25)18-12-7-6-8-13-18/h5-10,12-15,17,19,21,25H,1,11,16H2,2-4H3,(H2,28,32)(H,30,33)/t19?,21?,25-/m1/s1. The Labute approximate surface area is 200 Å². The van der Waals surface area contributed by atoms with Crippen LogP contribution >= 0.6 is 0 Å². The van der Waals surface area contributed by atoms with Gasteiger partial charge in [-0.05, 0) is 24.8 Å². The second-order valence-corrected chi connectivity index (χ2v) is 8.94. The van der Waals surface area contributed by atoms with Gasteiger partial charge in [0.1, 0.15) is 0 Å². The van der Waals surface area contributed by atoms with E-state index in [2.05, 4.69) is 11.9 Å². The number of likely N-dealkylation sites (N-methyl/N-ethyl adjacent to an activating group) is 1. The summed E-state index contributed by atoms with van der Waals surface area (Å²) >= 11 is 0. The van der Waals surface area contributed by atoms with Gasteiger partial charge >= 0.3 is 0 Å². The third-order valence-electron chi connectivity index (χ3n) is 6.00. The maximum Gasteiger partial charge on any atom is 0.272 e. The van der Waals surface area contributed by atoms with Gasteiger partial charge in [-0.15, -0.1) is 6.58 Å². The van der Waals surface area contributed by atoms with Crippen LogP contribution in [0.3, 0.4) is 0 Å². The number of hydrogen-bond donors (Lipinski definition) is 2. The number of aliphatic imine (C=N–C) groups is 1. The quantitative estimate of drug-likeness (QED) is 0.561. The molecule has 7 nitrogen and oxygen atoms in total. The fraction of sp³-hybridized carbons (Fsp3) is 0.333. The van der Waals surface area contributed by atoms with Gasteiger partial charge in [0.15, 0.2) is 0 Å². The van der Waals surface area contributed by atoms with E-state index in [1.807, 2.05) is 68.4 Å². The number of primary amides is 1. The molecule has 3 amide bonds. The Morgan fingerprint density at radius 3 is 2.38 bits per heavy atom. The number of nitrogens with two attached hydrogens (primary N) is 1. The van der Waals surface area contributed by atoms with E-state index in [0.29, 0.717) is 17.8 Å². The van der Waals surface area contributed by atoms with Crippen molar-refractivity contribution in [3.63, 3.8) is 0 Å². The molecule has 0 fully saturated rings. The molecule has 0 saturated heterocycles. The summed E-state index contributed by atoms with van der Waals surface area (Å²) in [5, 5.41) is 2.81. The Balaban J connectivity index is 2.03. The molecule has 3 rings (SSSR count). The molecular formula is C27H32N4O3. The lowest BCUT2D eigenvalue weighted by molar-refractivity contribution is -0.135. The minimum absolute atomic E-state index is 0.141. The van der Waals surface area contributed by atoms with E-state index >= 15 is 0 Å². The van der Waals surface area contributed by atoms with Crippen LogP contribution in [0.4, 0.5) is 5.69 Å². The molecule has 1 aliphatic rings. The number of amides is 3. The number of nitrogens with one attached hydrogen (secondary N) is 1. The molecule has 0 spiro atoms. The normalized spacial score (nSPS) is 17.3. The van der Waals surface area contributed by atoms with E-state index in [1.165, 1.54) is 4.90 Å². The second kappa shape index (κ2) is 10.9. The predicted molar refractivity (Wildman–Crippen MR) is 134 cm³/mol. The first-order valence-electron chi connectivity index (χ1n) is 11.4. The average Bonchev–Trinajstić information content (AvgIpc) is 2.92. The van der Waals surface area contributed by atoms with Crippen molar-refractivity contribution in [2.45, 2.75) is 32.9 Å². The molecule has 7 heteroatoms.